The highest BCUT2D eigenvalue weighted by Gasteiger charge is 2.37. The fourth-order valence-electron chi connectivity index (χ4n) is 2.85. The Labute approximate surface area is 294 Å². The number of hydrogen-bond donors (Lipinski definition) is 0. The second kappa shape index (κ2) is 30.2. The molecule has 0 heterocycles. The molecule has 0 N–H and O–H groups in total. The zero-order chi connectivity index (χ0) is 38.5. The van der Waals surface area contributed by atoms with E-state index in [1.54, 1.807) is 96.3 Å². The maximum Gasteiger partial charge on any atom is 0.528 e. The summed E-state index contributed by atoms with van der Waals surface area (Å²) in [5.74, 6) is -0.715. The lowest BCUT2D eigenvalue weighted by Gasteiger charge is -2.24. The van der Waals surface area contributed by atoms with Crippen LogP contribution in [0.25, 0.3) is 0 Å². The summed E-state index contributed by atoms with van der Waals surface area (Å²) in [6, 6.07) is 1.42. The lowest BCUT2D eigenvalue weighted by Crippen LogP contribution is -2.42. The van der Waals surface area contributed by atoms with Crippen molar-refractivity contribution in [2.75, 3.05) is 84.3 Å². The van der Waals surface area contributed by atoms with Crippen molar-refractivity contribution in [3.8, 4) is 0 Å². The van der Waals surface area contributed by atoms with Crippen LogP contribution in [-0.4, -0.2) is 131 Å². The molecule has 0 aromatic carbocycles. The van der Waals surface area contributed by atoms with Crippen LogP contribution < -0.4 is 0 Å². The third-order valence-electron chi connectivity index (χ3n) is 6.65. The summed E-state index contributed by atoms with van der Waals surface area (Å²) >= 11 is 0. The Balaban J connectivity index is -0.000000280. The molecule has 0 rings (SSSR count). The van der Waals surface area contributed by atoms with E-state index in [4.69, 9.17) is 53.7 Å². The van der Waals surface area contributed by atoms with Crippen molar-refractivity contribution in [3.05, 3.63) is 48.9 Å². The standard InChI is InChI=1S/C10H20O5Si.C10H20O4Si.C5H12O3Si.C5H12O2Si/c1-9(2)10(11)15-7-6-8-16(12-3,13-4)14-5;1-9(2)10(11)14-7-6-8-15(5,12-3)13-4;1-5-9(6-2,7-3)8-4;1-5-8(4,6-2)7-3/h1,6-8H2,2-5H3;1,6-8H2,2-5H3;5H,1H2,2-4H3;5H,1H2,2-4H3. The van der Waals surface area contributed by atoms with Crippen molar-refractivity contribution >= 4 is 46.7 Å². The Bertz CT molecular complexity index is 888. The van der Waals surface area contributed by atoms with E-state index >= 15 is 0 Å². The number of esters is 2. The predicted octanol–water partition coefficient (Wildman–Crippen LogP) is 4.90. The molecular weight excluding hydrogens is 697 g/mol. The maximum atomic E-state index is 11.1. The minimum absolute atomic E-state index is 0.316. The van der Waals surface area contributed by atoms with Gasteiger partial charge in [0.2, 0.25) is 0 Å². The van der Waals surface area contributed by atoms with Gasteiger partial charge in [0.15, 0.2) is 0 Å². The number of carbonyl (C=O) groups is 2. The van der Waals surface area contributed by atoms with E-state index in [1.165, 1.54) is 0 Å². The summed E-state index contributed by atoms with van der Waals surface area (Å²) in [5.41, 5.74) is 4.14. The first-order chi connectivity index (χ1) is 22.4. The van der Waals surface area contributed by atoms with E-state index in [2.05, 4.69) is 26.3 Å². The molecule has 0 saturated heterocycles. The molecule has 0 saturated carbocycles. The zero-order valence-corrected chi connectivity index (χ0v) is 35.9. The molecule has 284 valence electrons. The van der Waals surface area contributed by atoms with Crippen LogP contribution in [-0.2, 0) is 63.3 Å². The lowest BCUT2D eigenvalue weighted by molar-refractivity contribution is -0.139. The van der Waals surface area contributed by atoms with Gasteiger partial charge in [-0.25, -0.2) is 9.59 Å². The van der Waals surface area contributed by atoms with Gasteiger partial charge in [0.05, 0.1) is 13.2 Å². The van der Waals surface area contributed by atoms with Gasteiger partial charge in [-0.2, -0.15) is 0 Å². The molecule has 0 aliphatic heterocycles. The summed E-state index contributed by atoms with van der Waals surface area (Å²) in [4.78, 5) is 22.1. The van der Waals surface area contributed by atoms with Crippen LogP contribution in [0.4, 0.5) is 0 Å². The smallest absolute Gasteiger partial charge is 0.462 e. The van der Waals surface area contributed by atoms with Gasteiger partial charge in [-0.05, 0) is 57.2 Å². The molecule has 0 unspecified atom stereocenters. The molecule has 0 aromatic heterocycles. The minimum atomic E-state index is -2.53. The van der Waals surface area contributed by atoms with Gasteiger partial charge in [-0.3, -0.25) is 0 Å². The fourth-order valence-corrected chi connectivity index (χ4v) is 7.40. The van der Waals surface area contributed by atoms with Crippen LogP contribution in [0.5, 0.6) is 0 Å². The molecule has 0 aliphatic carbocycles. The predicted molar refractivity (Wildman–Crippen MR) is 196 cm³/mol. The van der Waals surface area contributed by atoms with Gasteiger partial charge in [0, 0.05) is 88.3 Å². The van der Waals surface area contributed by atoms with Crippen molar-refractivity contribution in [2.45, 2.75) is 51.9 Å². The van der Waals surface area contributed by atoms with Gasteiger partial charge in [0.1, 0.15) is 0 Å². The minimum Gasteiger partial charge on any atom is -0.462 e. The average Bonchev–Trinajstić information content (AvgIpc) is 3.11. The molecule has 0 spiro atoms. The van der Waals surface area contributed by atoms with E-state index < -0.39 is 34.7 Å². The molecule has 18 heteroatoms. The van der Waals surface area contributed by atoms with Crippen LogP contribution in [0.15, 0.2) is 48.9 Å². The molecule has 0 radical (unpaired) electrons. The van der Waals surface area contributed by atoms with E-state index in [-0.39, 0.29) is 11.9 Å². The molecule has 48 heavy (non-hydrogen) atoms. The first-order valence-corrected chi connectivity index (χ1v) is 23.5. The molecule has 14 nitrogen and oxygen atoms in total. The monoisotopic (exact) mass is 760 g/mol. The van der Waals surface area contributed by atoms with Gasteiger partial charge in [-0.15, -0.1) is 6.58 Å². The summed E-state index contributed by atoms with van der Waals surface area (Å²) in [7, 11) is 6.99. The molecule has 0 aliphatic rings. The summed E-state index contributed by atoms with van der Waals surface area (Å²) < 4.78 is 61.1. The number of carbonyl (C=O) groups excluding carboxylic acids is 2. The second-order valence-corrected chi connectivity index (χ2v) is 22.7. The first kappa shape index (κ1) is 53.2. The van der Waals surface area contributed by atoms with Crippen molar-refractivity contribution in [1.82, 2.24) is 0 Å². The van der Waals surface area contributed by atoms with Crippen molar-refractivity contribution in [3.63, 3.8) is 0 Å². The van der Waals surface area contributed by atoms with E-state index in [0.29, 0.717) is 36.8 Å². The SMILES string of the molecule is C=C(C)C(=O)OCCC[Si](C)(OC)OC.C=C(C)C(=O)OCCC[Si](OC)(OC)OC.C=C[Si](C)(OC)OC.C=C[Si](OC)(OC)OC. The summed E-state index contributed by atoms with van der Waals surface area (Å²) in [5, 5.41) is 0. The van der Waals surface area contributed by atoms with Gasteiger partial charge >= 0.3 is 46.7 Å². The normalized spacial score (nSPS) is 11.3. The summed E-state index contributed by atoms with van der Waals surface area (Å²) in [6.45, 7) is 22.0. The van der Waals surface area contributed by atoms with Crippen molar-refractivity contribution < 1.29 is 63.3 Å². The average molecular weight is 761 g/mol. The highest BCUT2D eigenvalue weighted by molar-refractivity contribution is 6.71. The Morgan fingerprint density at radius 2 is 0.896 bits per heavy atom. The summed E-state index contributed by atoms with van der Waals surface area (Å²) in [6.07, 6.45) is 1.39. The topological polar surface area (TPSA) is 145 Å². The zero-order valence-electron chi connectivity index (χ0n) is 31.9. The highest BCUT2D eigenvalue weighted by atomic mass is 28.4. The molecular formula is C30H64O14Si4. The van der Waals surface area contributed by atoms with Crippen LogP contribution in [0.3, 0.4) is 0 Å². The third-order valence-corrected chi connectivity index (χ3v) is 17.0. The molecule has 0 atom stereocenters. The van der Waals surface area contributed by atoms with E-state index in [0.717, 1.165) is 12.5 Å². The van der Waals surface area contributed by atoms with Crippen LogP contribution in [0, 0.1) is 0 Å². The maximum absolute atomic E-state index is 11.1. The Hall–Kier alpha value is -1.63. The molecule has 0 amide bonds. The largest absolute Gasteiger partial charge is 0.528 e. The first-order valence-electron chi connectivity index (χ1n) is 14.8. The van der Waals surface area contributed by atoms with Gasteiger partial charge < -0.3 is 53.7 Å². The Morgan fingerprint density at radius 1 is 0.542 bits per heavy atom. The fraction of sp³-hybridized carbons (Fsp3) is 0.667. The Kier molecular flexibility index (Phi) is 33.5. The van der Waals surface area contributed by atoms with Crippen LogP contribution in [0.2, 0.25) is 25.2 Å². The molecule has 0 aromatic rings. The number of ether oxygens (including phenoxy) is 2. The Morgan fingerprint density at radius 3 is 1.08 bits per heavy atom. The van der Waals surface area contributed by atoms with E-state index in [9.17, 15) is 9.59 Å². The number of rotatable bonds is 22. The van der Waals surface area contributed by atoms with Crippen LogP contribution in [0.1, 0.15) is 26.7 Å². The molecule has 0 fully saturated rings. The van der Waals surface area contributed by atoms with Crippen molar-refractivity contribution in [2.24, 2.45) is 0 Å². The van der Waals surface area contributed by atoms with Crippen LogP contribution >= 0.6 is 0 Å². The molecule has 0 bridgehead atoms. The van der Waals surface area contributed by atoms with Crippen molar-refractivity contribution in [1.29, 1.82) is 0 Å². The quantitative estimate of drug-likeness (QED) is 0.0638. The van der Waals surface area contributed by atoms with Gasteiger partial charge in [-0.1, -0.05) is 19.7 Å². The van der Waals surface area contributed by atoms with E-state index in [1.807, 2.05) is 13.1 Å². The number of hydrogen-bond acceptors (Lipinski definition) is 14. The van der Waals surface area contributed by atoms with Gasteiger partial charge in [0.25, 0.3) is 0 Å². The third kappa shape index (κ3) is 24.5. The lowest BCUT2D eigenvalue weighted by atomic mass is 10.4. The highest BCUT2D eigenvalue weighted by Crippen LogP contribution is 2.15. The second-order valence-electron chi connectivity index (χ2n) is 9.93.